The Kier molecular flexibility index (Phi) is 6.31. The van der Waals surface area contributed by atoms with Gasteiger partial charge in [0.25, 0.3) is 0 Å². The van der Waals surface area contributed by atoms with Crippen LogP contribution < -0.4 is 5.73 Å². The molecule has 1 atom stereocenters. The Bertz CT molecular complexity index is 490. The first-order valence-corrected chi connectivity index (χ1v) is 6.80. The molecule has 0 spiro atoms. The lowest BCUT2D eigenvalue weighted by Crippen LogP contribution is -2.29. The quantitative estimate of drug-likeness (QED) is 0.645. The number of nitrogens with two attached hydrogens (primary N) is 1. The smallest absolute Gasteiger partial charge is 0.347 e. The van der Waals surface area contributed by atoms with Gasteiger partial charge in [0.1, 0.15) is 0 Å². The molecule has 1 aromatic carbocycles. The highest BCUT2D eigenvalue weighted by Gasteiger charge is 2.24. The average molecular weight is 300 g/mol. The van der Waals surface area contributed by atoms with E-state index < -0.39 is 18.0 Å². The molecule has 0 fully saturated rings. The molecule has 1 aromatic rings. The zero-order valence-corrected chi connectivity index (χ0v) is 12.3. The van der Waals surface area contributed by atoms with E-state index in [0.29, 0.717) is 18.5 Å². The molecule has 6 heteroatoms. The summed E-state index contributed by atoms with van der Waals surface area (Å²) in [6.07, 6.45) is 0.204. The standard InChI is InChI=1S/C14H18ClNO4/c1-3-5-12(14(18)19-4-2)20-13(17)9-6-7-11(16)10(15)8-9/h6-8,12H,3-5,16H2,1-2H3. The molecule has 2 N–H and O–H groups in total. The third kappa shape index (κ3) is 4.42. The van der Waals surface area contributed by atoms with Gasteiger partial charge in [-0.25, -0.2) is 9.59 Å². The Balaban J connectivity index is 2.79. The summed E-state index contributed by atoms with van der Waals surface area (Å²) in [7, 11) is 0. The maximum absolute atomic E-state index is 12.0. The summed E-state index contributed by atoms with van der Waals surface area (Å²) >= 11 is 5.84. The molecule has 0 saturated carbocycles. The number of halogens is 1. The van der Waals surface area contributed by atoms with E-state index in [1.165, 1.54) is 18.2 Å². The van der Waals surface area contributed by atoms with Crippen molar-refractivity contribution in [1.29, 1.82) is 0 Å². The zero-order chi connectivity index (χ0) is 15.1. The summed E-state index contributed by atoms with van der Waals surface area (Å²) < 4.78 is 10.0. The van der Waals surface area contributed by atoms with Crippen LogP contribution in [0.25, 0.3) is 0 Å². The lowest BCUT2D eigenvalue weighted by molar-refractivity contribution is -0.153. The average Bonchev–Trinajstić information content (AvgIpc) is 2.41. The largest absolute Gasteiger partial charge is 0.463 e. The van der Waals surface area contributed by atoms with Crippen molar-refractivity contribution < 1.29 is 19.1 Å². The van der Waals surface area contributed by atoms with Crippen LogP contribution in [0, 0.1) is 0 Å². The monoisotopic (exact) mass is 299 g/mol. The second-order valence-electron chi connectivity index (χ2n) is 4.17. The first-order valence-electron chi connectivity index (χ1n) is 6.42. The van der Waals surface area contributed by atoms with Crippen LogP contribution in [0.2, 0.25) is 5.02 Å². The first-order chi connectivity index (χ1) is 9.49. The zero-order valence-electron chi connectivity index (χ0n) is 11.5. The fraction of sp³-hybridized carbons (Fsp3) is 0.429. The molecular formula is C14H18ClNO4. The Hall–Kier alpha value is -1.75. The lowest BCUT2D eigenvalue weighted by Gasteiger charge is -2.15. The Morgan fingerprint density at radius 2 is 2.05 bits per heavy atom. The van der Waals surface area contributed by atoms with Crippen LogP contribution in [-0.4, -0.2) is 24.6 Å². The number of benzene rings is 1. The van der Waals surface area contributed by atoms with Gasteiger partial charge in [0.15, 0.2) is 6.10 Å². The Morgan fingerprint density at radius 1 is 1.35 bits per heavy atom. The maximum Gasteiger partial charge on any atom is 0.347 e. The van der Waals surface area contributed by atoms with Gasteiger partial charge in [0.05, 0.1) is 22.9 Å². The second-order valence-corrected chi connectivity index (χ2v) is 4.58. The summed E-state index contributed by atoms with van der Waals surface area (Å²) in [6, 6.07) is 4.42. The van der Waals surface area contributed by atoms with Crippen molar-refractivity contribution in [3.63, 3.8) is 0 Å². The third-order valence-corrected chi connectivity index (χ3v) is 2.91. The topological polar surface area (TPSA) is 78.6 Å². The summed E-state index contributed by atoms with van der Waals surface area (Å²) in [5.74, 6) is -1.16. The Labute approximate surface area is 123 Å². The number of ether oxygens (including phenoxy) is 2. The van der Waals surface area contributed by atoms with Crippen molar-refractivity contribution >= 4 is 29.2 Å². The van der Waals surface area contributed by atoms with Gasteiger partial charge < -0.3 is 15.2 Å². The van der Waals surface area contributed by atoms with E-state index >= 15 is 0 Å². The van der Waals surface area contributed by atoms with Gasteiger partial charge in [0, 0.05) is 0 Å². The number of rotatable bonds is 6. The number of nitrogen functional groups attached to an aromatic ring is 1. The summed E-state index contributed by atoms with van der Waals surface area (Å²) in [4.78, 5) is 23.6. The summed E-state index contributed by atoms with van der Waals surface area (Å²) in [5, 5.41) is 0.266. The molecule has 0 aliphatic rings. The van der Waals surface area contributed by atoms with E-state index in [1.807, 2.05) is 6.92 Å². The molecule has 20 heavy (non-hydrogen) atoms. The molecule has 0 aliphatic heterocycles. The van der Waals surface area contributed by atoms with Gasteiger partial charge in [0.2, 0.25) is 0 Å². The molecule has 5 nitrogen and oxygen atoms in total. The maximum atomic E-state index is 12.0. The lowest BCUT2D eigenvalue weighted by atomic mass is 10.2. The van der Waals surface area contributed by atoms with Crippen LogP contribution in [0.1, 0.15) is 37.0 Å². The van der Waals surface area contributed by atoms with Crippen molar-refractivity contribution in [3.05, 3.63) is 28.8 Å². The highest BCUT2D eigenvalue weighted by atomic mass is 35.5. The third-order valence-electron chi connectivity index (χ3n) is 2.59. The molecule has 0 radical (unpaired) electrons. The second kappa shape index (κ2) is 7.75. The van der Waals surface area contributed by atoms with Crippen LogP contribution >= 0.6 is 11.6 Å². The molecule has 0 saturated heterocycles. The van der Waals surface area contributed by atoms with Gasteiger partial charge in [-0.1, -0.05) is 24.9 Å². The van der Waals surface area contributed by atoms with Crippen LogP contribution in [0.3, 0.4) is 0 Å². The van der Waals surface area contributed by atoms with Crippen molar-refractivity contribution in [2.75, 3.05) is 12.3 Å². The van der Waals surface area contributed by atoms with Gasteiger partial charge in [-0.15, -0.1) is 0 Å². The van der Waals surface area contributed by atoms with E-state index in [9.17, 15) is 9.59 Å². The van der Waals surface area contributed by atoms with Gasteiger partial charge in [-0.05, 0) is 31.5 Å². The van der Waals surface area contributed by atoms with Gasteiger partial charge in [-0.3, -0.25) is 0 Å². The van der Waals surface area contributed by atoms with Crippen LogP contribution in [0.15, 0.2) is 18.2 Å². The molecule has 110 valence electrons. The molecule has 0 amide bonds. The molecule has 1 unspecified atom stereocenters. The van der Waals surface area contributed by atoms with Gasteiger partial charge >= 0.3 is 11.9 Å². The summed E-state index contributed by atoms with van der Waals surface area (Å²) in [5.41, 5.74) is 6.19. The SMILES string of the molecule is CCCC(OC(=O)c1ccc(N)c(Cl)c1)C(=O)OCC. The van der Waals surface area contributed by atoms with Crippen molar-refractivity contribution in [2.24, 2.45) is 0 Å². The predicted molar refractivity (Wildman–Crippen MR) is 76.6 cm³/mol. The van der Waals surface area contributed by atoms with E-state index in [-0.39, 0.29) is 17.2 Å². The number of carbonyl (C=O) groups is 2. The number of anilines is 1. The van der Waals surface area contributed by atoms with E-state index in [2.05, 4.69) is 0 Å². The van der Waals surface area contributed by atoms with E-state index in [4.69, 9.17) is 26.8 Å². The fourth-order valence-electron chi connectivity index (χ4n) is 1.57. The fourth-order valence-corrected chi connectivity index (χ4v) is 1.75. The van der Waals surface area contributed by atoms with Crippen LogP contribution in [-0.2, 0) is 14.3 Å². The molecule has 0 bridgehead atoms. The molecule has 0 heterocycles. The van der Waals surface area contributed by atoms with Crippen molar-refractivity contribution in [2.45, 2.75) is 32.8 Å². The highest BCUT2D eigenvalue weighted by Crippen LogP contribution is 2.20. The molecule has 0 aliphatic carbocycles. The number of hydrogen-bond acceptors (Lipinski definition) is 5. The van der Waals surface area contributed by atoms with Crippen LogP contribution in [0.4, 0.5) is 5.69 Å². The van der Waals surface area contributed by atoms with Crippen molar-refractivity contribution in [3.8, 4) is 0 Å². The minimum Gasteiger partial charge on any atom is -0.463 e. The highest BCUT2D eigenvalue weighted by molar-refractivity contribution is 6.33. The van der Waals surface area contributed by atoms with Crippen LogP contribution in [0.5, 0.6) is 0 Å². The first kappa shape index (κ1) is 16.3. The molecular weight excluding hydrogens is 282 g/mol. The molecule has 1 rings (SSSR count). The molecule has 0 aromatic heterocycles. The predicted octanol–water partition coefficient (Wildman–Crippen LogP) is 2.81. The van der Waals surface area contributed by atoms with E-state index in [0.717, 1.165) is 0 Å². The van der Waals surface area contributed by atoms with Gasteiger partial charge in [-0.2, -0.15) is 0 Å². The summed E-state index contributed by atoms with van der Waals surface area (Å²) in [6.45, 7) is 3.83. The van der Waals surface area contributed by atoms with E-state index in [1.54, 1.807) is 6.92 Å². The number of esters is 2. The minimum absolute atomic E-state index is 0.240. The van der Waals surface area contributed by atoms with Crippen molar-refractivity contribution in [1.82, 2.24) is 0 Å². The normalized spacial score (nSPS) is 11.8. The number of carbonyl (C=O) groups excluding carboxylic acids is 2. The number of hydrogen-bond donors (Lipinski definition) is 1. The minimum atomic E-state index is -0.899. The Morgan fingerprint density at radius 3 is 2.60 bits per heavy atom.